The van der Waals surface area contributed by atoms with Crippen molar-refractivity contribution in [3.8, 4) is 17.2 Å². The fourth-order valence-electron chi connectivity index (χ4n) is 1.95. The summed E-state index contributed by atoms with van der Waals surface area (Å²) < 4.78 is 15.8. The minimum absolute atomic E-state index is 0.0928. The quantitative estimate of drug-likeness (QED) is 0.712. The van der Waals surface area contributed by atoms with Crippen LogP contribution in [0.2, 0.25) is 0 Å². The lowest BCUT2D eigenvalue weighted by Gasteiger charge is -2.22. The minimum Gasteiger partial charge on any atom is -0.493 e. The van der Waals surface area contributed by atoms with E-state index < -0.39 is 0 Å². The van der Waals surface area contributed by atoms with Crippen molar-refractivity contribution in [2.24, 2.45) is 0 Å². The number of halogens is 1. The summed E-state index contributed by atoms with van der Waals surface area (Å²) in [6.07, 6.45) is 0. The number of nitrogens with zero attached hydrogens (tertiary/aromatic N) is 1. The molecule has 1 amide bonds. The van der Waals surface area contributed by atoms with Gasteiger partial charge in [-0.25, -0.2) is 0 Å². The van der Waals surface area contributed by atoms with Crippen molar-refractivity contribution in [3.05, 3.63) is 17.7 Å². The van der Waals surface area contributed by atoms with E-state index in [1.54, 1.807) is 24.1 Å². The van der Waals surface area contributed by atoms with Crippen LogP contribution >= 0.6 is 15.9 Å². The highest BCUT2D eigenvalue weighted by Crippen LogP contribution is 2.40. The molecule has 0 N–H and O–H groups in total. The predicted octanol–water partition coefficient (Wildman–Crippen LogP) is 2.57. The summed E-state index contributed by atoms with van der Waals surface area (Å²) in [4.78, 5) is 14.3. The summed E-state index contributed by atoms with van der Waals surface area (Å²) in [6.45, 7) is 3.20. The average molecular weight is 346 g/mol. The van der Waals surface area contributed by atoms with Gasteiger partial charge < -0.3 is 19.1 Å². The summed E-state index contributed by atoms with van der Waals surface area (Å²) in [6, 6.07) is 3.40. The highest BCUT2D eigenvalue weighted by Gasteiger charge is 2.23. The zero-order valence-electron chi connectivity index (χ0n) is 12.2. The van der Waals surface area contributed by atoms with Crippen LogP contribution < -0.4 is 14.2 Å². The lowest BCUT2D eigenvalue weighted by molar-refractivity contribution is 0.0770. The van der Waals surface area contributed by atoms with Crippen LogP contribution in [0, 0.1) is 0 Å². The molecular weight excluding hydrogens is 326 g/mol. The molecule has 0 aliphatic heterocycles. The van der Waals surface area contributed by atoms with E-state index in [1.165, 1.54) is 14.2 Å². The van der Waals surface area contributed by atoms with Crippen molar-refractivity contribution < 1.29 is 19.0 Å². The number of benzene rings is 1. The minimum atomic E-state index is -0.0928. The van der Waals surface area contributed by atoms with E-state index in [4.69, 9.17) is 14.2 Å². The van der Waals surface area contributed by atoms with Gasteiger partial charge in [0.05, 0.1) is 26.9 Å². The second-order valence-corrected chi connectivity index (χ2v) is 4.75. The summed E-state index contributed by atoms with van der Waals surface area (Å²) in [7, 11) is 4.57. The van der Waals surface area contributed by atoms with Gasteiger partial charge in [0, 0.05) is 18.4 Å². The number of methoxy groups -OCH3 is 3. The summed E-state index contributed by atoms with van der Waals surface area (Å²) in [5.41, 5.74) is 0.466. The number of hydrogen-bond acceptors (Lipinski definition) is 4. The van der Waals surface area contributed by atoms with Crippen molar-refractivity contribution in [3.63, 3.8) is 0 Å². The molecule has 0 atom stereocenters. The first-order valence-electron chi connectivity index (χ1n) is 6.28. The van der Waals surface area contributed by atoms with Crippen LogP contribution in [-0.4, -0.2) is 50.6 Å². The summed E-state index contributed by atoms with van der Waals surface area (Å²) >= 11 is 3.35. The van der Waals surface area contributed by atoms with E-state index in [0.717, 1.165) is 5.33 Å². The molecule has 0 saturated carbocycles. The fraction of sp³-hybridized carbons (Fsp3) is 0.500. The first-order valence-corrected chi connectivity index (χ1v) is 7.40. The Balaban J connectivity index is 3.27. The number of alkyl halides is 1. The van der Waals surface area contributed by atoms with Crippen LogP contribution in [0.25, 0.3) is 0 Å². The van der Waals surface area contributed by atoms with Crippen molar-refractivity contribution in [1.82, 2.24) is 4.90 Å². The second-order valence-electron chi connectivity index (χ2n) is 3.96. The Labute approximate surface area is 127 Å². The highest BCUT2D eigenvalue weighted by atomic mass is 79.9. The monoisotopic (exact) mass is 345 g/mol. The molecule has 1 aromatic carbocycles. The summed E-state index contributed by atoms with van der Waals surface area (Å²) in [5, 5.41) is 0.724. The van der Waals surface area contributed by atoms with Gasteiger partial charge in [-0.15, -0.1) is 0 Å². The lowest BCUT2D eigenvalue weighted by Crippen LogP contribution is -2.32. The molecule has 0 aliphatic carbocycles. The molecule has 1 aromatic rings. The molecule has 0 aromatic heterocycles. The van der Waals surface area contributed by atoms with E-state index in [2.05, 4.69) is 15.9 Å². The number of rotatable bonds is 7. The normalized spacial score (nSPS) is 10.1. The van der Waals surface area contributed by atoms with Gasteiger partial charge in [-0.3, -0.25) is 4.79 Å². The van der Waals surface area contributed by atoms with Crippen molar-refractivity contribution in [1.29, 1.82) is 0 Å². The standard InChI is InChI=1S/C14H20BrNO4/c1-5-16(9-8-15)14(17)10-6-7-11(18-2)13(20-4)12(10)19-3/h6-7H,5,8-9H2,1-4H3. The molecule has 1 rings (SSSR count). The highest BCUT2D eigenvalue weighted by molar-refractivity contribution is 9.09. The van der Waals surface area contributed by atoms with E-state index >= 15 is 0 Å². The van der Waals surface area contributed by atoms with Gasteiger partial charge in [0.25, 0.3) is 5.91 Å². The lowest BCUT2D eigenvalue weighted by atomic mass is 10.1. The summed E-state index contributed by atoms with van der Waals surface area (Å²) in [5.74, 6) is 1.26. The average Bonchev–Trinajstić information content (AvgIpc) is 2.49. The predicted molar refractivity (Wildman–Crippen MR) is 81.5 cm³/mol. The van der Waals surface area contributed by atoms with E-state index in [1.807, 2.05) is 6.92 Å². The maximum absolute atomic E-state index is 12.5. The topological polar surface area (TPSA) is 48.0 Å². The smallest absolute Gasteiger partial charge is 0.257 e. The molecule has 6 heteroatoms. The third kappa shape index (κ3) is 3.36. The number of carbonyl (C=O) groups excluding carboxylic acids is 1. The Hall–Kier alpha value is -1.43. The van der Waals surface area contributed by atoms with Crippen LogP contribution in [0.5, 0.6) is 17.2 Å². The number of ether oxygens (including phenoxy) is 3. The Morgan fingerprint density at radius 2 is 1.80 bits per heavy atom. The first-order chi connectivity index (χ1) is 9.64. The zero-order chi connectivity index (χ0) is 15.1. The van der Waals surface area contributed by atoms with Crippen LogP contribution in [0.3, 0.4) is 0 Å². The molecule has 20 heavy (non-hydrogen) atoms. The zero-order valence-corrected chi connectivity index (χ0v) is 13.8. The number of amides is 1. The number of hydrogen-bond donors (Lipinski definition) is 0. The molecule has 0 radical (unpaired) electrons. The van der Waals surface area contributed by atoms with E-state index in [-0.39, 0.29) is 5.91 Å². The van der Waals surface area contributed by atoms with Crippen molar-refractivity contribution in [2.75, 3.05) is 39.7 Å². The van der Waals surface area contributed by atoms with Crippen LogP contribution in [-0.2, 0) is 0 Å². The second kappa shape index (κ2) is 7.99. The largest absolute Gasteiger partial charge is 0.493 e. The maximum atomic E-state index is 12.5. The van der Waals surface area contributed by atoms with Crippen LogP contribution in [0.1, 0.15) is 17.3 Å². The number of carbonyl (C=O) groups is 1. The maximum Gasteiger partial charge on any atom is 0.257 e. The Morgan fingerprint density at radius 1 is 1.15 bits per heavy atom. The Morgan fingerprint density at radius 3 is 2.25 bits per heavy atom. The molecule has 5 nitrogen and oxygen atoms in total. The SMILES string of the molecule is CCN(CCBr)C(=O)c1ccc(OC)c(OC)c1OC. The van der Waals surface area contributed by atoms with Crippen LogP contribution in [0.4, 0.5) is 0 Å². The van der Waals surface area contributed by atoms with Crippen molar-refractivity contribution in [2.45, 2.75) is 6.92 Å². The van der Waals surface area contributed by atoms with E-state index in [9.17, 15) is 4.79 Å². The molecule has 0 bridgehead atoms. The van der Waals surface area contributed by atoms with Crippen LogP contribution in [0.15, 0.2) is 12.1 Å². The fourth-order valence-corrected chi connectivity index (χ4v) is 2.37. The molecule has 0 aliphatic rings. The molecular formula is C14H20BrNO4. The molecule has 0 fully saturated rings. The van der Waals surface area contributed by atoms with E-state index in [0.29, 0.717) is 35.9 Å². The van der Waals surface area contributed by atoms with Gasteiger partial charge in [-0.05, 0) is 19.1 Å². The van der Waals surface area contributed by atoms with Gasteiger partial charge in [0.15, 0.2) is 11.5 Å². The van der Waals surface area contributed by atoms with Gasteiger partial charge in [-0.2, -0.15) is 0 Å². The van der Waals surface area contributed by atoms with Gasteiger partial charge in [0.2, 0.25) is 5.75 Å². The molecule has 0 spiro atoms. The molecule has 0 unspecified atom stereocenters. The van der Waals surface area contributed by atoms with Gasteiger partial charge in [0.1, 0.15) is 0 Å². The molecule has 0 heterocycles. The Bertz CT molecular complexity index is 465. The molecule has 112 valence electrons. The van der Waals surface area contributed by atoms with Gasteiger partial charge in [-0.1, -0.05) is 15.9 Å². The third-order valence-corrected chi connectivity index (χ3v) is 3.31. The molecule has 0 saturated heterocycles. The third-order valence-electron chi connectivity index (χ3n) is 2.96. The first kappa shape index (κ1) is 16.6. The van der Waals surface area contributed by atoms with Gasteiger partial charge >= 0.3 is 0 Å². The Kier molecular flexibility index (Phi) is 6.64. The van der Waals surface area contributed by atoms with Crippen molar-refractivity contribution >= 4 is 21.8 Å².